The lowest BCUT2D eigenvalue weighted by Crippen LogP contribution is -2.11. The number of benzene rings is 2. The van der Waals surface area contributed by atoms with Crippen molar-refractivity contribution in [2.45, 2.75) is 12.8 Å². The highest BCUT2D eigenvalue weighted by molar-refractivity contribution is 5.99. The van der Waals surface area contributed by atoms with Gasteiger partial charge in [-0.05, 0) is 48.5 Å². The second-order valence-corrected chi connectivity index (χ2v) is 7.40. The van der Waals surface area contributed by atoms with E-state index in [1.807, 2.05) is 0 Å². The molecule has 0 aliphatic rings. The third-order valence-electron chi connectivity index (χ3n) is 4.99. The van der Waals surface area contributed by atoms with Crippen molar-refractivity contribution in [2.75, 3.05) is 0 Å². The van der Waals surface area contributed by atoms with Crippen molar-refractivity contribution < 1.29 is 36.3 Å². The Hall–Kier alpha value is -4.54. The molecule has 0 bridgehead atoms. The molecule has 2 aromatic carbocycles. The van der Waals surface area contributed by atoms with E-state index in [0.29, 0.717) is 12.1 Å². The fourth-order valence-corrected chi connectivity index (χ4v) is 3.12. The monoisotopic (exact) mass is 517 g/mol. The van der Waals surface area contributed by atoms with Gasteiger partial charge in [-0.3, -0.25) is 14.8 Å². The zero-order valence-corrected chi connectivity index (χ0v) is 18.8. The van der Waals surface area contributed by atoms with E-state index in [0.717, 1.165) is 12.1 Å². The zero-order chi connectivity index (χ0) is 26.9. The first-order valence-electron chi connectivity index (χ1n) is 10.5. The van der Waals surface area contributed by atoms with E-state index in [9.17, 15) is 31.1 Å². The summed E-state index contributed by atoms with van der Waals surface area (Å²) < 4.78 is 79.7. The van der Waals surface area contributed by atoms with E-state index in [-0.39, 0.29) is 17.1 Å². The first-order valence-corrected chi connectivity index (χ1v) is 10.5. The summed E-state index contributed by atoms with van der Waals surface area (Å²) in [5.74, 6) is -7.39. The average Bonchev–Trinajstić information content (AvgIpc) is 2.92. The van der Waals surface area contributed by atoms with Gasteiger partial charge in [0.25, 0.3) is 0 Å². The number of hydrogen-bond acceptors (Lipinski definition) is 5. The molecule has 0 saturated carbocycles. The number of pyridine rings is 2. The molecule has 0 amide bonds. The number of carbonyl (C=O) groups is 1. The van der Waals surface area contributed by atoms with Crippen LogP contribution in [-0.2, 0) is 12.8 Å². The summed E-state index contributed by atoms with van der Waals surface area (Å²) in [6.07, 6.45) is 1.87. The van der Waals surface area contributed by atoms with Gasteiger partial charge in [-0.1, -0.05) is 17.3 Å². The molecule has 190 valence electrons. The standard InChI is InChI=1S/C13H9F3N2O.C13H8F3NO/c14-9-4-5-10(15)13(16)8(9)7-12(18-19)11-3-1-2-6-17-11;14-9-4-5-10(15)13(16)8(9)7-12(18)11-3-1-2-6-17-11/h1-6,19H,7H2;1-6H,7H2/b18-12-;. The van der Waals surface area contributed by atoms with Crippen molar-refractivity contribution in [2.24, 2.45) is 5.16 Å². The third kappa shape index (κ3) is 6.78. The summed E-state index contributed by atoms with van der Waals surface area (Å²) in [4.78, 5) is 19.4. The molecule has 0 radical (unpaired) electrons. The summed E-state index contributed by atoms with van der Waals surface area (Å²) >= 11 is 0. The molecule has 1 N–H and O–H groups in total. The van der Waals surface area contributed by atoms with Crippen LogP contribution in [0.15, 0.2) is 78.2 Å². The number of hydrogen-bond donors (Lipinski definition) is 1. The first-order chi connectivity index (χ1) is 17.7. The fourth-order valence-electron chi connectivity index (χ4n) is 3.12. The Morgan fingerprint density at radius 3 is 1.57 bits per heavy atom. The molecule has 4 rings (SSSR count). The molecule has 0 atom stereocenters. The normalized spacial score (nSPS) is 11.0. The summed E-state index contributed by atoms with van der Waals surface area (Å²) in [5, 5.41) is 11.9. The van der Waals surface area contributed by atoms with Gasteiger partial charge in [-0.2, -0.15) is 0 Å². The largest absolute Gasteiger partial charge is 0.411 e. The predicted molar refractivity (Wildman–Crippen MR) is 121 cm³/mol. The topological polar surface area (TPSA) is 75.4 Å². The SMILES string of the molecule is O/N=C(/Cc1c(F)ccc(F)c1F)c1ccccn1.O=C(Cc1c(F)ccc(F)c1F)c1ccccn1. The highest BCUT2D eigenvalue weighted by Gasteiger charge is 2.19. The second-order valence-electron chi connectivity index (χ2n) is 7.40. The lowest BCUT2D eigenvalue weighted by atomic mass is 10.0. The number of nitrogens with zero attached hydrogens (tertiary/aromatic N) is 3. The van der Waals surface area contributed by atoms with E-state index >= 15 is 0 Å². The Balaban J connectivity index is 0.000000206. The summed E-state index contributed by atoms with van der Waals surface area (Å²) in [5.41, 5.74) is -0.790. The van der Waals surface area contributed by atoms with E-state index in [4.69, 9.17) is 5.21 Å². The number of rotatable bonds is 6. The summed E-state index contributed by atoms with van der Waals surface area (Å²) in [6, 6.07) is 12.4. The van der Waals surface area contributed by atoms with Gasteiger partial charge in [0.15, 0.2) is 29.1 Å². The van der Waals surface area contributed by atoms with Gasteiger partial charge >= 0.3 is 0 Å². The molecule has 0 spiro atoms. The Morgan fingerprint density at radius 1 is 0.649 bits per heavy atom. The smallest absolute Gasteiger partial charge is 0.185 e. The molecule has 0 saturated heterocycles. The molecule has 0 unspecified atom stereocenters. The van der Waals surface area contributed by atoms with Crippen LogP contribution in [0.1, 0.15) is 27.3 Å². The molecule has 37 heavy (non-hydrogen) atoms. The van der Waals surface area contributed by atoms with Crippen LogP contribution in [0.4, 0.5) is 26.3 Å². The van der Waals surface area contributed by atoms with Crippen LogP contribution in [-0.4, -0.2) is 26.7 Å². The molecular formula is C26H17F6N3O2. The van der Waals surface area contributed by atoms with Crippen molar-refractivity contribution in [3.63, 3.8) is 0 Å². The third-order valence-corrected chi connectivity index (χ3v) is 4.99. The van der Waals surface area contributed by atoms with Gasteiger partial charge in [0, 0.05) is 36.4 Å². The van der Waals surface area contributed by atoms with Crippen LogP contribution >= 0.6 is 0 Å². The summed E-state index contributed by atoms with van der Waals surface area (Å²) in [7, 11) is 0. The first kappa shape index (κ1) is 27.1. The van der Waals surface area contributed by atoms with Gasteiger partial charge < -0.3 is 5.21 Å². The quantitative estimate of drug-likeness (QED) is 0.0871. The van der Waals surface area contributed by atoms with Crippen molar-refractivity contribution in [3.8, 4) is 0 Å². The molecule has 4 aromatic rings. The minimum absolute atomic E-state index is 0.0519. The van der Waals surface area contributed by atoms with Gasteiger partial charge in [0.05, 0.1) is 5.69 Å². The van der Waals surface area contributed by atoms with Crippen LogP contribution in [0.2, 0.25) is 0 Å². The maximum absolute atomic E-state index is 13.5. The number of aromatic nitrogens is 2. The molecule has 2 heterocycles. The van der Waals surface area contributed by atoms with E-state index in [1.54, 1.807) is 24.3 Å². The lowest BCUT2D eigenvalue weighted by Gasteiger charge is -2.07. The minimum atomic E-state index is -1.33. The predicted octanol–water partition coefficient (Wildman–Crippen LogP) is 5.84. The number of halogens is 6. The average molecular weight is 517 g/mol. The molecular weight excluding hydrogens is 500 g/mol. The van der Waals surface area contributed by atoms with Crippen molar-refractivity contribution in [3.05, 3.63) is 130 Å². The minimum Gasteiger partial charge on any atom is -0.411 e. The van der Waals surface area contributed by atoms with Gasteiger partial charge in [-0.15, -0.1) is 0 Å². The van der Waals surface area contributed by atoms with Crippen molar-refractivity contribution in [1.29, 1.82) is 0 Å². The molecule has 2 aromatic heterocycles. The van der Waals surface area contributed by atoms with Crippen molar-refractivity contribution in [1.82, 2.24) is 9.97 Å². The Morgan fingerprint density at radius 2 is 1.11 bits per heavy atom. The Kier molecular flexibility index (Phi) is 9.09. The van der Waals surface area contributed by atoms with Gasteiger partial charge in [-0.25, -0.2) is 26.3 Å². The van der Waals surface area contributed by atoms with E-state index in [1.165, 1.54) is 24.5 Å². The van der Waals surface area contributed by atoms with Crippen LogP contribution in [0, 0.1) is 34.9 Å². The van der Waals surface area contributed by atoms with Crippen LogP contribution < -0.4 is 0 Å². The number of oxime groups is 1. The lowest BCUT2D eigenvalue weighted by molar-refractivity contribution is 0.0985. The highest BCUT2D eigenvalue weighted by Crippen LogP contribution is 2.19. The second kappa shape index (κ2) is 12.4. The molecule has 11 heteroatoms. The number of Topliss-reactive ketones (excluding diaryl/α,β-unsaturated/α-hetero) is 1. The van der Waals surface area contributed by atoms with E-state index < -0.39 is 64.7 Å². The van der Waals surface area contributed by atoms with Gasteiger partial charge in [0.1, 0.15) is 23.0 Å². The highest BCUT2D eigenvalue weighted by atomic mass is 19.2. The van der Waals surface area contributed by atoms with Crippen LogP contribution in [0.3, 0.4) is 0 Å². The van der Waals surface area contributed by atoms with E-state index in [2.05, 4.69) is 15.1 Å². The Labute approximate surface area is 206 Å². The molecule has 0 aliphatic carbocycles. The van der Waals surface area contributed by atoms with Crippen LogP contribution in [0.5, 0.6) is 0 Å². The summed E-state index contributed by atoms with van der Waals surface area (Å²) in [6.45, 7) is 0. The molecule has 5 nitrogen and oxygen atoms in total. The zero-order valence-electron chi connectivity index (χ0n) is 18.8. The fraction of sp³-hybridized carbons (Fsp3) is 0.0769. The number of carbonyl (C=O) groups excluding carboxylic acids is 1. The Bertz CT molecular complexity index is 1420. The maximum Gasteiger partial charge on any atom is 0.185 e. The van der Waals surface area contributed by atoms with Crippen molar-refractivity contribution >= 4 is 11.5 Å². The van der Waals surface area contributed by atoms with Crippen LogP contribution in [0.25, 0.3) is 0 Å². The van der Waals surface area contributed by atoms with Gasteiger partial charge in [0.2, 0.25) is 0 Å². The molecule has 0 fully saturated rings. The maximum atomic E-state index is 13.5. The molecule has 0 aliphatic heterocycles. The number of ketones is 1.